The number of carbonyl (C=O) groups is 1. The fourth-order valence-corrected chi connectivity index (χ4v) is 2.50. The lowest BCUT2D eigenvalue weighted by Crippen LogP contribution is -2.10. The third-order valence-corrected chi connectivity index (χ3v) is 3.70. The Bertz CT molecular complexity index is 733. The molecule has 0 radical (unpaired) electrons. The fourth-order valence-electron chi connectivity index (χ4n) is 1.88. The maximum absolute atomic E-state index is 12.0. The second-order valence-electron chi connectivity index (χ2n) is 4.28. The number of amides is 1. The van der Waals surface area contributed by atoms with Crippen LogP contribution in [0, 0.1) is 0 Å². The molecule has 0 fully saturated rings. The molecule has 3 rings (SSSR count). The number of nitrogens with zero attached hydrogens (tertiary/aromatic N) is 3. The van der Waals surface area contributed by atoms with Crippen LogP contribution in [-0.2, 0) is 7.05 Å². The van der Waals surface area contributed by atoms with Crippen LogP contribution in [0.25, 0.3) is 11.4 Å². The molecule has 3 aromatic rings. The molecule has 1 amide bonds. The molecule has 0 aliphatic heterocycles. The predicted molar refractivity (Wildman–Crippen MR) is 78.7 cm³/mol. The molecule has 2 heterocycles. The maximum atomic E-state index is 12.0. The topological polar surface area (TPSA) is 59.8 Å². The van der Waals surface area contributed by atoms with Gasteiger partial charge in [0.25, 0.3) is 5.91 Å². The molecular formula is C14H12N4OS. The van der Waals surface area contributed by atoms with E-state index >= 15 is 0 Å². The molecule has 0 aliphatic carbocycles. The van der Waals surface area contributed by atoms with Crippen LogP contribution in [0.5, 0.6) is 0 Å². The van der Waals surface area contributed by atoms with Crippen molar-refractivity contribution in [1.29, 1.82) is 0 Å². The van der Waals surface area contributed by atoms with Crippen LogP contribution < -0.4 is 5.32 Å². The molecular weight excluding hydrogens is 272 g/mol. The number of hydrogen-bond donors (Lipinski definition) is 1. The fraction of sp³-hybridized carbons (Fsp3) is 0.0714. The Morgan fingerprint density at radius 2 is 2.20 bits per heavy atom. The van der Waals surface area contributed by atoms with Crippen molar-refractivity contribution in [3.05, 3.63) is 53.0 Å². The summed E-state index contributed by atoms with van der Waals surface area (Å²) in [6, 6.07) is 11.2. The summed E-state index contributed by atoms with van der Waals surface area (Å²) in [6.07, 6.45) is 1.65. The number of nitrogens with one attached hydrogen (secondary N) is 1. The number of hydrogen-bond acceptors (Lipinski definition) is 4. The number of anilines is 1. The minimum absolute atomic E-state index is 0.102. The van der Waals surface area contributed by atoms with Crippen molar-refractivity contribution in [2.75, 3.05) is 5.32 Å². The highest BCUT2D eigenvalue weighted by Gasteiger charge is 2.09. The average Bonchev–Trinajstić information content (AvgIpc) is 3.10. The van der Waals surface area contributed by atoms with Crippen LogP contribution in [0.15, 0.2) is 48.1 Å². The quantitative estimate of drug-likeness (QED) is 0.804. The number of benzene rings is 1. The van der Waals surface area contributed by atoms with E-state index in [1.807, 2.05) is 47.3 Å². The molecule has 0 saturated heterocycles. The Labute approximate surface area is 119 Å². The van der Waals surface area contributed by atoms with Gasteiger partial charge in [0.05, 0.1) is 4.88 Å². The molecule has 6 heteroatoms. The van der Waals surface area contributed by atoms with E-state index in [1.165, 1.54) is 11.3 Å². The molecule has 2 aromatic heterocycles. The number of aromatic nitrogens is 3. The van der Waals surface area contributed by atoms with Crippen molar-refractivity contribution in [3.63, 3.8) is 0 Å². The van der Waals surface area contributed by atoms with Crippen LogP contribution >= 0.6 is 11.3 Å². The van der Waals surface area contributed by atoms with Crippen LogP contribution in [0.1, 0.15) is 9.67 Å². The molecule has 0 aliphatic rings. The zero-order chi connectivity index (χ0) is 13.9. The highest BCUT2D eigenvalue weighted by molar-refractivity contribution is 7.12. The van der Waals surface area contributed by atoms with E-state index in [0.717, 1.165) is 17.1 Å². The summed E-state index contributed by atoms with van der Waals surface area (Å²) >= 11 is 1.42. The third-order valence-electron chi connectivity index (χ3n) is 2.83. The lowest BCUT2D eigenvalue weighted by Gasteiger charge is -2.06. The second kappa shape index (κ2) is 5.26. The molecule has 0 spiro atoms. The first-order valence-electron chi connectivity index (χ1n) is 6.03. The monoisotopic (exact) mass is 284 g/mol. The first-order valence-corrected chi connectivity index (χ1v) is 6.91. The summed E-state index contributed by atoms with van der Waals surface area (Å²) in [4.78, 5) is 12.7. The minimum atomic E-state index is -0.102. The van der Waals surface area contributed by atoms with Crippen molar-refractivity contribution < 1.29 is 4.79 Å². The van der Waals surface area contributed by atoms with Gasteiger partial charge in [-0.3, -0.25) is 4.79 Å². The molecule has 0 bridgehead atoms. The van der Waals surface area contributed by atoms with E-state index in [1.54, 1.807) is 12.4 Å². The summed E-state index contributed by atoms with van der Waals surface area (Å²) < 4.78 is 1.83. The van der Waals surface area contributed by atoms with Gasteiger partial charge in [0.2, 0.25) is 0 Å². The number of rotatable bonds is 3. The molecule has 0 unspecified atom stereocenters. The summed E-state index contributed by atoms with van der Waals surface area (Å²) in [5.41, 5.74) is 1.65. The highest BCUT2D eigenvalue weighted by atomic mass is 32.1. The van der Waals surface area contributed by atoms with Gasteiger partial charge >= 0.3 is 0 Å². The van der Waals surface area contributed by atoms with E-state index in [4.69, 9.17) is 0 Å². The van der Waals surface area contributed by atoms with Gasteiger partial charge in [-0.15, -0.1) is 21.5 Å². The zero-order valence-corrected chi connectivity index (χ0v) is 11.6. The Morgan fingerprint density at radius 1 is 1.30 bits per heavy atom. The summed E-state index contributed by atoms with van der Waals surface area (Å²) in [5, 5.41) is 12.7. The number of carbonyl (C=O) groups excluding carboxylic acids is 1. The Kier molecular flexibility index (Phi) is 3.30. The van der Waals surface area contributed by atoms with Gasteiger partial charge in [0, 0.05) is 18.3 Å². The van der Waals surface area contributed by atoms with Gasteiger partial charge in [-0.05, 0) is 23.6 Å². The maximum Gasteiger partial charge on any atom is 0.265 e. The largest absolute Gasteiger partial charge is 0.321 e. The van der Waals surface area contributed by atoms with Gasteiger partial charge in [-0.2, -0.15) is 0 Å². The van der Waals surface area contributed by atoms with Crippen molar-refractivity contribution in [3.8, 4) is 11.4 Å². The van der Waals surface area contributed by atoms with Crippen molar-refractivity contribution in [2.24, 2.45) is 7.05 Å². The standard InChI is InChI=1S/C14H12N4OS/c1-18-9-15-17-13(18)10-4-2-5-11(8-10)16-14(19)12-6-3-7-20-12/h2-9H,1H3,(H,16,19). The smallest absolute Gasteiger partial charge is 0.265 e. The Hall–Kier alpha value is -2.47. The van der Waals surface area contributed by atoms with E-state index < -0.39 is 0 Å². The third kappa shape index (κ3) is 2.46. The zero-order valence-electron chi connectivity index (χ0n) is 10.8. The Balaban J connectivity index is 1.85. The average molecular weight is 284 g/mol. The first kappa shape index (κ1) is 12.6. The van der Waals surface area contributed by atoms with Crippen LogP contribution in [0.2, 0.25) is 0 Å². The molecule has 0 atom stereocenters. The highest BCUT2D eigenvalue weighted by Crippen LogP contribution is 2.21. The van der Waals surface area contributed by atoms with E-state index in [2.05, 4.69) is 15.5 Å². The van der Waals surface area contributed by atoms with Crippen LogP contribution in [0.3, 0.4) is 0 Å². The van der Waals surface area contributed by atoms with Gasteiger partial charge in [-0.1, -0.05) is 18.2 Å². The van der Waals surface area contributed by atoms with Crippen LogP contribution in [-0.4, -0.2) is 20.7 Å². The van der Waals surface area contributed by atoms with Crippen molar-refractivity contribution in [1.82, 2.24) is 14.8 Å². The lowest BCUT2D eigenvalue weighted by molar-refractivity contribution is 0.103. The number of thiophene rings is 1. The van der Waals surface area contributed by atoms with Gasteiger partial charge in [0.15, 0.2) is 5.82 Å². The van der Waals surface area contributed by atoms with Crippen molar-refractivity contribution >= 4 is 22.9 Å². The van der Waals surface area contributed by atoms with Crippen LogP contribution in [0.4, 0.5) is 5.69 Å². The van der Waals surface area contributed by atoms with Gasteiger partial charge < -0.3 is 9.88 Å². The minimum Gasteiger partial charge on any atom is -0.321 e. The second-order valence-corrected chi connectivity index (χ2v) is 5.23. The van der Waals surface area contributed by atoms with Crippen molar-refractivity contribution in [2.45, 2.75) is 0 Å². The summed E-state index contributed by atoms with van der Waals surface area (Å²) in [7, 11) is 1.88. The molecule has 5 nitrogen and oxygen atoms in total. The van der Waals surface area contributed by atoms with E-state index in [0.29, 0.717) is 4.88 Å². The first-order chi connectivity index (χ1) is 9.74. The predicted octanol–water partition coefficient (Wildman–Crippen LogP) is 2.80. The Morgan fingerprint density at radius 3 is 2.90 bits per heavy atom. The lowest BCUT2D eigenvalue weighted by atomic mass is 10.2. The molecule has 20 heavy (non-hydrogen) atoms. The van der Waals surface area contributed by atoms with Gasteiger partial charge in [0.1, 0.15) is 6.33 Å². The van der Waals surface area contributed by atoms with E-state index in [9.17, 15) is 4.79 Å². The molecule has 0 saturated carbocycles. The number of aryl methyl sites for hydroxylation is 1. The molecule has 1 N–H and O–H groups in total. The van der Waals surface area contributed by atoms with E-state index in [-0.39, 0.29) is 5.91 Å². The summed E-state index contributed by atoms with van der Waals surface area (Å²) in [5.74, 6) is 0.660. The molecule has 1 aromatic carbocycles. The SMILES string of the molecule is Cn1cnnc1-c1cccc(NC(=O)c2cccs2)c1. The van der Waals surface area contributed by atoms with Gasteiger partial charge in [-0.25, -0.2) is 0 Å². The normalized spacial score (nSPS) is 10.4. The summed E-state index contributed by atoms with van der Waals surface area (Å²) in [6.45, 7) is 0. The molecule has 100 valence electrons.